The van der Waals surface area contributed by atoms with Crippen LogP contribution in [0.4, 0.5) is 5.95 Å². The number of nitrogens with zero attached hydrogens (tertiary/aromatic N) is 4. The first-order valence-corrected chi connectivity index (χ1v) is 8.50. The number of anilines is 1. The highest BCUT2D eigenvalue weighted by Gasteiger charge is 2.16. The maximum atomic E-state index is 12.5. The average Bonchev–Trinajstić information content (AvgIpc) is 3.35. The van der Waals surface area contributed by atoms with Crippen LogP contribution in [0, 0.1) is 6.92 Å². The minimum Gasteiger partial charge on any atom is -0.497 e. The van der Waals surface area contributed by atoms with Crippen LogP contribution in [0.3, 0.4) is 0 Å². The summed E-state index contributed by atoms with van der Waals surface area (Å²) in [7, 11) is 3.14. The van der Waals surface area contributed by atoms with Crippen molar-refractivity contribution in [2.45, 2.75) is 6.92 Å². The SMILES string of the molecule is COc1ccc(-c2nc(NC(=O)c3cn4c(C)cccc4n3)n[nH]2)c(OC)c1. The van der Waals surface area contributed by atoms with Crippen molar-refractivity contribution in [1.29, 1.82) is 0 Å². The molecule has 2 N–H and O–H groups in total. The van der Waals surface area contributed by atoms with Gasteiger partial charge in [-0.15, -0.1) is 5.10 Å². The van der Waals surface area contributed by atoms with E-state index in [0.717, 1.165) is 5.69 Å². The highest BCUT2D eigenvalue weighted by molar-refractivity contribution is 6.02. The van der Waals surface area contributed by atoms with E-state index in [1.807, 2.05) is 29.5 Å². The number of hydrogen-bond acceptors (Lipinski definition) is 6. The molecule has 0 aliphatic rings. The predicted molar refractivity (Wildman–Crippen MR) is 103 cm³/mol. The van der Waals surface area contributed by atoms with E-state index in [-0.39, 0.29) is 11.6 Å². The van der Waals surface area contributed by atoms with Crippen molar-refractivity contribution < 1.29 is 14.3 Å². The zero-order valence-electron chi connectivity index (χ0n) is 15.6. The van der Waals surface area contributed by atoms with E-state index in [9.17, 15) is 4.79 Å². The molecule has 1 aromatic carbocycles. The lowest BCUT2D eigenvalue weighted by atomic mass is 10.2. The second kappa shape index (κ2) is 7.03. The maximum Gasteiger partial charge on any atom is 0.278 e. The number of nitrogens with one attached hydrogen (secondary N) is 2. The number of hydrogen-bond donors (Lipinski definition) is 2. The van der Waals surface area contributed by atoms with Crippen LogP contribution in [-0.4, -0.2) is 44.7 Å². The molecule has 3 heterocycles. The monoisotopic (exact) mass is 378 g/mol. The molecule has 0 bridgehead atoms. The van der Waals surface area contributed by atoms with Gasteiger partial charge in [-0.2, -0.15) is 4.98 Å². The van der Waals surface area contributed by atoms with Crippen molar-refractivity contribution in [2.75, 3.05) is 19.5 Å². The number of imidazole rings is 1. The molecule has 4 rings (SSSR count). The quantitative estimate of drug-likeness (QED) is 0.553. The second-order valence-corrected chi connectivity index (χ2v) is 6.05. The van der Waals surface area contributed by atoms with Crippen LogP contribution < -0.4 is 14.8 Å². The number of amides is 1. The Morgan fingerprint density at radius 3 is 2.75 bits per heavy atom. The molecule has 0 saturated carbocycles. The van der Waals surface area contributed by atoms with Gasteiger partial charge >= 0.3 is 0 Å². The Labute approximate surface area is 160 Å². The summed E-state index contributed by atoms with van der Waals surface area (Å²) in [6.07, 6.45) is 1.68. The molecule has 4 aromatic rings. The number of carbonyl (C=O) groups is 1. The third-order valence-electron chi connectivity index (χ3n) is 4.30. The van der Waals surface area contributed by atoms with E-state index < -0.39 is 5.91 Å². The molecule has 0 fully saturated rings. The Kier molecular flexibility index (Phi) is 4.40. The van der Waals surface area contributed by atoms with Crippen LogP contribution in [0.2, 0.25) is 0 Å². The zero-order valence-corrected chi connectivity index (χ0v) is 15.6. The van der Waals surface area contributed by atoms with Gasteiger partial charge in [-0.05, 0) is 31.2 Å². The summed E-state index contributed by atoms with van der Waals surface area (Å²) in [5, 5.41) is 9.52. The van der Waals surface area contributed by atoms with Gasteiger partial charge in [-0.1, -0.05) is 6.07 Å². The van der Waals surface area contributed by atoms with Gasteiger partial charge < -0.3 is 13.9 Å². The first-order chi connectivity index (χ1) is 13.6. The highest BCUT2D eigenvalue weighted by Crippen LogP contribution is 2.31. The topological polar surface area (TPSA) is 106 Å². The molecule has 0 saturated heterocycles. The lowest BCUT2D eigenvalue weighted by molar-refractivity contribution is 0.102. The third-order valence-corrected chi connectivity index (χ3v) is 4.30. The molecule has 0 spiro atoms. The van der Waals surface area contributed by atoms with Gasteiger partial charge in [0.05, 0.1) is 19.8 Å². The number of aromatic nitrogens is 5. The van der Waals surface area contributed by atoms with Crippen molar-refractivity contribution in [3.63, 3.8) is 0 Å². The molecule has 0 radical (unpaired) electrons. The fourth-order valence-corrected chi connectivity index (χ4v) is 2.86. The maximum absolute atomic E-state index is 12.5. The Morgan fingerprint density at radius 1 is 1.14 bits per heavy atom. The zero-order chi connectivity index (χ0) is 19.7. The van der Waals surface area contributed by atoms with Gasteiger partial charge in [0.25, 0.3) is 5.91 Å². The predicted octanol–water partition coefficient (Wildman–Crippen LogP) is 2.70. The van der Waals surface area contributed by atoms with Crippen LogP contribution in [0.5, 0.6) is 11.5 Å². The first kappa shape index (κ1) is 17.5. The molecule has 28 heavy (non-hydrogen) atoms. The van der Waals surface area contributed by atoms with Crippen molar-refractivity contribution in [3.05, 3.63) is 54.0 Å². The van der Waals surface area contributed by atoms with E-state index in [4.69, 9.17) is 9.47 Å². The minimum absolute atomic E-state index is 0.145. The molecule has 0 unspecified atom stereocenters. The van der Waals surface area contributed by atoms with E-state index in [1.165, 1.54) is 0 Å². The summed E-state index contributed by atoms with van der Waals surface area (Å²) in [5.74, 6) is 1.45. The van der Waals surface area contributed by atoms with Crippen LogP contribution in [0.15, 0.2) is 42.6 Å². The Balaban J connectivity index is 1.58. The summed E-state index contributed by atoms with van der Waals surface area (Å²) in [4.78, 5) is 21.2. The number of aryl methyl sites for hydroxylation is 1. The van der Waals surface area contributed by atoms with Crippen molar-refractivity contribution >= 4 is 17.5 Å². The van der Waals surface area contributed by atoms with Gasteiger partial charge in [0.2, 0.25) is 5.95 Å². The second-order valence-electron chi connectivity index (χ2n) is 6.05. The van der Waals surface area contributed by atoms with Crippen molar-refractivity contribution in [1.82, 2.24) is 24.6 Å². The molecule has 9 heteroatoms. The van der Waals surface area contributed by atoms with Crippen LogP contribution in [0.25, 0.3) is 17.0 Å². The number of pyridine rings is 1. The Hall–Kier alpha value is -3.88. The van der Waals surface area contributed by atoms with E-state index in [1.54, 1.807) is 38.6 Å². The summed E-state index contributed by atoms with van der Waals surface area (Å²) < 4.78 is 12.4. The number of aromatic amines is 1. The van der Waals surface area contributed by atoms with Gasteiger partial charge in [-0.3, -0.25) is 15.2 Å². The smallest absolute Gasteiger partial charge is 0.278 e. The molecule has 1 amide bonds. The largest absolute Gasteiger partial charge is 0.497 e. The third kappa shape index (κ3) is 3.13. The number of benzene rings is 1. The fourth-order valence-electron chi connectivity index (χ4n) is 2.86. The van der Waals surface area contributed by atoms with E-state index >= 15 is 0 Å². The standard InChI is InChI=1S/C19H18N6O3/c1-11-5-4-6-16-20-14(10-25(11)16)18(26)22-19-21-17(23-24-19)13-8-7-12(27-2)9-15(13)28-3/h4-10H,1-3H3,(H2,21,22,23,24,26). The number of fused-ring (bicyclic) bond motifs is 1. The summed E-state index contributed by atoms with van der Waals surface area (Å²) in [6.45, 7) is 1.94. The van der Waals surface area contributed by atoms with Gasteiger partial charge in [0.1, 0.15) is 22.8 Å². The van der Waals surface area contributed by atoms with Crippen LogP contribution >= 0.6 is 0 Å². The molecule has 0 aliphatic heterocycles. The van der Waals surface area contributed by atoms with Gasteiger partial charge in [-0.25, -0.2) is 4.98 Å². The number of carbonyl (C=O) groups excluding carboxylic acids is 1. The van der Waals surface area contributed by atoms with Crippen molar-refractivity contribution in [3.8, 4) is 22.9 Å². The van der Waals surface area contributed by atoms with Gasteiger partial charge in [0, 0.05) is 18.0 Å². The summed E-state index contributed by atoms with van der Waals surface area (Å²) >= 11 is 0. The Morgan fingerprint density at radius 2 is 2.00 bits per heavy atom. The fraction of sp³-hybridized carbons (Fsp3) is 0.158. The first-order valence-electron chi connectivity index (χ1n) is 8.50. The van der Waals surface area contributed by atoms with Crippen molar-refractivity contribution in [2.24, 2.45) is 0 Å². The number of ether oxygens (including phenoxy) is 2. The summed E-state index contributed by atoms with van der Waals surface area (Å²) in [5.41, 5.74) is 2.65. The number of methoxy groups -OCH3 is 2. The lowest BCUT2D eigenvalue weighted by Gasteiger charge is -2.07. The van der Waals surface area contributed by atoms with E-state index in [0.29, 0.717) is 28.5 Å². The van der Waals surface area contributed by atoms with Gasteiger partial charge in [0.15, 0.2) is 5.82 Å². The molecule has 142 valence electrons. The van der Waals surface area contributed by atoms with Crippen LogP contribution in [-0.2, 0) is 0 Å². The molecule has 9 nitrogen and oxygen atoms in total. The minimum atomic E-state index is -0.393. The normalized spacial score (nSPS) is 10.8. The number of H-pyrrole nitrogens is 1. The number of rotatable bonds is 5. The molecular formula is C19H18N6O3. The van der Waals surface area contributed by atoms with E-state index in [2.05, 4.69) is 25.5 Å². The molecule has 0 aliphatic carbocycles. The van der Waals surface area contributed by atoms with Crippen LogP contribution in [0.1, 0.15) is 16.2 Å². The highest BCUT2D eigenvalue weighted by atomic mass is 16.5. The average molecular weight is 378 g/mol. The molecule has 0 atom stereocenters. The molecule has 3 aromatic heterocycles. The molecular weight excluding hydrogens is 360 g/mol. The lowest BCUT2D eigenvalue weighted by Crippen LogP contribution is -2.13. The Bertz CT molecular complexity index is 1160. The summed E-state index contributed by atoms with van der Waals surface area (Å²) in [6, 6.07) is 11.0.